The van der Waals surface area contributed by atoms with Crippen molar-refractivity contribution in [2.45, 2.75) is 31.3 Å². The van der Waals surface area contributed by atoms with Crippen LogP contribution in [-0.4, -0.2) is 30.5 Å². The summed E-state index contributed by atoms with van der Waals surface area (Å²) in [4.78, 5) is 31.9. The Morgan fingerprint density at radius 1 is 1.02 bits per heavy atom. The summed E-state index contributed by atoms with van der Waals surface area (Å²) in [5, 5.41) is 11.8. The lowest BCUT2D eigenvalue weighted by Crippen LogP contribution is -2.39. The Kier molecular flexibility index (Phi) is 7.19. The Hall–Kier alpha value is -4.27. The first kappa shape index (κ1) is 26.0. The van der Waals surface area contributed by atoms with E-state index in [0.29, 0.717) is 28.4 Å². The van der Waals surface area contributed by atoms with Crippen LogP contribution < -0.4 is 10.9 Å². The standard InChI is InChI=1S/C30H24Cl2N6O2/c31-21-11-13-26(38-17-28(32)35-36-38)23(15-21)25-16-29(39)37(18-33-25)27(14-19-6-2-1-3-7-19)30(40)34-24-12-10-20-8-4-5-9-22(20)24/h1-9,11,13,15-18,24,27H,10,12,14H2,(H,34,40)/t24?,27-/m0/s1. The summed E-state index contributed by atoms with van der Waals surface area (Å²) < 4.78 is 2.88. The van der Waals surface area contributed by atoms with Gasteiger partial charge in [-0.3, -0.25) is 14.2 Å². The molecule has 1 amide bonds. The van der Waals surface area contributed by atoms with E-state index in [1.54, 1.807) is 24.4 Å². The first-order valence-corrected chi connectivity index (χ1v) is 13.6. The van der Waals surface area contributed by atoms with Crippen molar-refractivity contribution in [2.75, 3.05) is 0 Å². The van der Waals surface area contributed by atoms with Gasteiger partial charge in [0.25, 0.3) is 5.56 Å². The molecular formula is C30H24Cl2N6O2. The van der Waals surface area contributed by atoms with Crippen molar-refractivity contribution in [1.29, 1.82) is 0 Å². The number of aryl methyl sites for hydroxylation is 1. The number of rotatable bonds is 7. The average Bonchev–Trinajstić information content (AvgIpc) is 3.58. The normalized spacial score (nSPS) is 15.0. The summed E-state index contributed by atoms with van der Waals surface area (Å²) in [6.07, 6.45) is 5.03. The van der Waals surface area contributed by atoms with E-state index in [1.165, 1.54) is 27.2 Å². The molecule has 8 nitrogen and oxygen atoms in total. The van der Waals surface area contributed by atoms with Gasteiger partial charge in [0.1, 0.15) is 6.04 Å². The molecule has 5 aromatic rings. The molecule has 2 atom stereocenters. The van der Waals surface area contributed by atoms with Crippen molar-refractivity contribution in [1.82, 2.24) is 29.9 Å². The first-order chi connectivity index (χ1) is 19.5. The van der Waals surface area contributed by atoms with Crippen LogP contribution in [0.3, 0.4) is 0 Å². The lowest BCUT2D eigenvalue weighted by molar-refractivity contribution is -0.125. The van der Waals surface area contributed by atoms with Crippen LogP contribution in [-0.2, 0) is 17.6 Å². The van der Waals surface area contributed by atoms with Crippen LogP contribution in [0.4, 0.5) is 0 Å². The van der Waals surface area contributed by atoms with Gasteiger partial charge in [-0.15, -0.1) is 5.10 Å². The fraction of sp³-hybridized carbons (Fsp3) is 0.167. The van der Waals surface area contributed by atoms with E-state index in [4.69, 9.17) is 23.2 Å². The van der Waals surface area contributed by atoms with E-state index in [2.05, 4.69) is 26.7 Å². The molecule has 0 saturated carbocycles. The van der Waals surface area contributed by atoms with Gasteiger partial charge in [0.15, 0.2) is 5.15 Å². The number of nitrogens with zero attached hydrogens (tertiary/aromatic N) is 5. The highest BCUT2D eigenvalue weighted by molar-refractivity contribution is 6.31. The van der Waals surface area contributed by atoms with Crippen LogP contribution in [0.2, 0.25) is 10.2 Å². The van der Waals surface area contributed by atoms with Crippen molar-refractivity contribution in [2.24, 2.45) is 0 Å². The van der Waals surface area contributed by atoms with Gasteiger partial charge < -0.3 is 5.32 Å². The molecular weight excluding hydrogens is 547 g/mol. The molecule has 2 heterocycles. The molecule has 2 aromatic heterocycles. The number of amides is 1. The predicted octanol–water partition coefficient (Wildman–Crippen LogP) is 5.39. The summed E-state index contributed by atoms with van der Waals surface area (Å²) >= 11 is 12.3. The van der Waals surface area contributed by atoms with Gasteiger partial charge in [-0.1, -0.05) is 83.0 Å². The van der Waals surface area contributed by atoms with Gasteiger partial charge in [-0.25, -0.2) is 9.67 Å². The van der Waals surface area contributed by atoms with Gasteiger partial charge in [0.05, 0.1) is 29.9 Å². The van der Waals surface area contributed by atoms with Crippen molar-refractivity contribution in [3.8, 4) is 16.9 Å². The maximum absolute atomic E-state index is 13.8. The highest BCUT2D eigenvalue weighted by Crippen LogP contribution is 2.32. The molecule has 3 aromatic carbocycles. The molecule has 1 N–H and O–H groups in total. The molecule has 0 fully saturated rings. The first-order valence-electron chi connectivity index (χ1n) is 12.8. The zero-order chi connectivity index (χ0) is 27.6. The zero-order valence-corrected chi connectivity index (χ0v) is 22.8. The molecule has 200 valence electrons. The molecule has 1 aliphatic rings. The Balaban J connectivity index is 1.36. The van der Waals surface area contributed by atoms with Gasteiger partial charge >= 0.3 is 0 Å². The largest absolute Gasteiger partial charge is 0.347 e. The fourth-order valence-electron chi connectivity index (χ4n) is 5.20. The third-order valence-corrected chi connectivity index (χ3v) is 7.55. The number of aromatic nitrogens is 5. The molecule has 10 heteroatoms. The number of fused-ring (bicyclic) bond motifs is 1. The zero-order valence-electron chi connectivity index (χ0n) is 21.2. The Labute approximate surface area is 240 Å². The summed E-state index contributed by atoms with van der Waals surface area (Å²) in [5.74, 6) is -0.233. The average molecular weight is 571 g/mol. The van der Waals surface area contributed by atoms with Crippen molar-refractivity contribution in [3.05, 3.63) is 129 Å². The highest BCUT2D eigenvalue weighted by Gasteiger charge is 2.29. The third-order valence-electron chi connectivity index (χ3n) is 7.14. The molecule has 6 rings (SSSR count). The number of nitrogens with one attached hydrogen (secondary N) is 1. The van der Waals surface area contributed by atoms with E-state index in [0.717, 1.165) is 24.0 Å². The summed E-state index contributed by atoms with van der Waals surface area (Å²) in [7, 11) is 0. The lowest BCUT2D eigenvalue weighted by Gasteiger charge is -2.23. The monoisotopic (exact) mass is 570 g/mol. The molecule has 40 heavy (non-hydrogen) atoms. The molecule has 0 radical (unpaired) electrons. The quantitative estimate of drug-likeness (QED) is 0.283. The van der Waals surface area contributed by atoms with Crippen LogP contribution in [0.1, 0.15) is 35.2 Å². The molecule has 0 spiro atoms. The van der Waals surface area contributed by atoms with Gasteiger partial charge in [0.2, 0.25) is 5.91 Å². The van der Waals surface area contributed by atoms with Crippen LogP contribution >= 0.6 is 23.2 Å². The smallest absolute Gasteiger partial charge is 0.254 e. The van der Waals surface area contributed by atoms with Crippen LogP contribution in [0, 0.1) is 0 Å². The van der Waals surface area contributed by atoms with Crippen molar-refractivity contribution in [3.63, 3.8) is 0 Å². The molecule has 0 bridgehead atoms. The molecule has 1 aliphatic carbocycles. The summed E-state index contributed by atoms with van der Waals surface area (Å²) in [6, 6.07) is 23.4. The second-order valence-corrected chi connectivity index (χ2v) is 10.5. The minimum atomic E-state index is -0.794. The van der Waals surface area contributed by atoms with E-state index in [9.17, 15) is 9.59 Å². The van der Waals surface area contributed by atoms with Crippen molar-refractivity contribution >= 4 is 29.1 Å². The number of carbonyl (C=O) groups excluding carboxylic acids is 1. The van der Waals surface area contributed by atoms with Crippen LogP contribution in [0.25, 0.3) is 16.9 Å². The Morgan fingerprint density at radius 2 is 1.82 bits per heavy atom. The van der Waals surface area contributed by atoms with E-state index >= 15 is 0 Å². The maximum atomic E-state index is 13.8. The minimum Gasteiger partial charge on any atom is -0.347 e. The van der Waals surface area contributed by atoms with Crippen LogP contribution in [0.5, 0.6) is 0 Å². The third kappa shape index (κ3) is 5.28. The molecule has 1 unspecified atom stereocenters. The summed E-state index contributed by atoms with van der Waals surface area (Å²) in [6.45, 7) is 0. The number of hydrogen-bond donors (Lipinski definition) is 1. The fourth-order valence-corrected chi connectivity index (χ4v) is 5.49. The number of benzene rings is 3. The van der Waals surface area contributed by atoms with E-state index in [-0.39, 0.29) is 22.7 Å². The van der Waals surface area contributed by atoms with E-state index < -0.39 is 6.04 Å². The molecule has 0 saturated heterocycles. The maximum Gasteiger partial charge on any atom is 0.254 e. The van der Waals surface area contributed by atoms with Crippen LogP contribution in [0.15, 0.2) is 96.2 Å². The van der Waals surface area contributed by atoms with Gasteiger partial charge in [0, 0.05) is 23.1 Å². The Morgan fingerprint density at radius 3 is 2.60 bits per heavy atom. The summed E-state index contributed by atoms with van der Waals surface area (Å²) in [5.41, 5.74) is 4.49. The SMILES string of the molecule is O=C(NC1CCc2ccccc21)[C@H](Cc1ccccc1)n1cnc(-c2cc(Cl)ccc2-n2cc(Cl)nn2)cc1=O. The lowest BCUT2D eigenvalue weighted by atomic mass is 10.0. The van der Waals surface area contributed by atoms with E-state index in [1.807, 2.05) is 48.5 Å². The number of carbonyl (C=O) groups is 1. The molecule has 0 aliphatic heterocycles. The Bertz CT molecular complexity index is 1750. The minimum absolute atomic E-state index is 0.103. The second kappa shape index (κ2) is 11.1. The predicted molar refractivity (Wildman–Crippen MR) is 154 cm³/mol. The van der Waals surface area contributed by atoms with Crippen molar-refractivity contribution < 1.29 is 4.79 Å². The second-order valence-electron chi connectivity index (χ2n) is 9.67. The number of hydrogen-bond acceptors (Lipinski definition) is 5. The highest BCUT2D eigenvalue weighted by atomic mass is 35.5. The van der Waals surface area contributed by atoms with Gasteiger partial charge in [-0.2, -0.15) is 0 Å². The number of halogens is 2. The topological polar surface area (TPSA) is 94.7 Å². The van der Waals surface area contributed by atoms with Gasteiger partial charge in [-0.05, 0) is 47.7 Å².